The third-order valence-electron chi connectivity index (χ3n) is 3.49. The van der Waals surface area contributed by atoms with Crippen molar-refractivity contribution in [3.05, 3.63) is 0 Å². The first kappa shape index (κ1) is 13.0. The summed E-state index contributed by atoms with van der Waals surface area (Å²) in [6.07, 6.45) is 5.79. The van der Waals surface area contributed by atoms with Crippen molar-refractivity contribution < 1.29 is 0 Å². The zero-order valence-corrected chi connectivity index (χ0v) is 11.3. The largest absolute Gasteiger partial charge is 0.312 e. The van der Waals surface area contributed by atoms with Gasteiger partial charge in [0.05, 0.1) is 0 Å². The maximum atomic E-state index is 3.67. The van der Waals surface area contributed by atoms with Gasteiger partial charge in [0.25, 0.3) is 0 Å². The van der Waals surface area contributed by atoms with Crippen molar-refractivity contribution in [3.63, 3.8) is 0 Å². The third-order valence-corrected chi connectivity index (χ3v) is 3.49. The molecule has 15 heavy (non-hydrogen) atoms. The second-order valence-corrected chi connectivity index (χ2v) is 6.71. The van der Waals surface area contributed by atoms with E-state index >= 15 is 0 Å². The molecule has 2 atom stereocenters. The van der Waals surface area contributed by atoms with E-state index in [2.05, 4.69) is 39.9 Å². The summed E-state index contributed by atoms with van der Waals surface area (Å²) >= 11 is 0. The van der Waals surface area contributed by atoms with Crippen LogP contribution in [0.25, 0.3) is 0 Å². The number of hydrogen-bond donors (Lipinski definition) is 1. The van der Waals surface area contributed by atoms with E-state index < -0.39 is 0 Å². The SMILES string of the molecule is CC(C)CC1CCCC1CNC(C)(C)C. The predicted molar refractivity (Wildman–Crippen MR) is 68.0 cm³/mol. The Morgan fingerprint density at radius 3 is 2.27 bits per heavy atom. The standard InChI is InChI=1S/C14H29N/c1-11(2)9-12-7-6-8-13(12)10-15-14(3,4)5/h11-13,15H,6-10H2,1-5H3. The number of nitrogens with one attached hydrogen (secondary N) is 1. The maximum Gasteiger partial charge on any atom is 0.00966 e. The van der Waals surface area contributed by atoms with Crippen LogP contribution in [0.4, 0.5) is 0 Å². The molecule has 1 heteroatoms. The Morgan fingerprint density at radius 2 is 1.73 bits per heavy atom. The molecule has 0 heterocycles. The van der Waals surface area contributed by atoms with Gasteiger partial charge in [-0.3, -0.25) is 0 Å². The lowest BCUT2D eigenvalue weighted by Crippen LogP contribution is -2.40. The van der Waals surface area contributed by atoms with Crippen LogP contribution in [0.1, 0.15) is 60.3 Å². The van der Waals surface area contributed by atoms with Crippen LogP contribution in [0.15, 0.2) is 0 Å². The minimum Gasteiger partial charge on any atom is -0.312 e. The Kier molecular flexibility index (Phi) is 4.64. The molecule has 1 nitrogen and oxygen atoms in total. The van der Waals surface area contributed by atoms with E-state index in [9.17, 15) is 0 Å². The molecule has 0 aliphatic heterocycles. The summed E-state index contributed by atoms with van der Waals surface area (Å²) in [6, 6.07) is 0. The highest BCUT2D eigenvalue weighted by Crippen LogP contribution is 2.35. The van der Waals surface area contributed by atoms with E-state index in [0.29, 0.717) is 0 Å². The van der Waals surface area contributed by atoms with Gasteiger partial charge in [-0.15, -0.1) is 0 Å². The summed E-state index contributed by atoms with van der Waals surface area (Å²) in [6.45, 7) is 12.7. The molecule has 90 valence electrons. The molecule has 1 aliphatic carbocycles. The molecule has 1 rings (SSSR count). The second-order valence-electron chi connectivity index (χ2n) is 6.71. The summed E-state index contributed by atoms with van der Waals surface area (Å²) in [5, 5.41) is 3.67. The van der Waals surface area contributed by atoms with E-state index in [1.165, 1.54) is 32.2 Å². The van der Waals surface area contributed by atoms with Gasteiger partial charge in [-0.1, -0.05) is 26.7 Å². The molecule has 0 aromatic heterocycles. The van der Waals surface area contributed by atoms with Crippen LogP contribution < -0.4 is 5.32 Å². The zero-order chi connectivity index (χ0) is 11.5. The predicted octanol–water partition coefficient (Wildman–Crippen LogP) is 3.84. The topological polar surface area (TPSA) is 12.0 Å². The van der Waals surface area contributed by atoms with Crippen LogP contribution in [0.3, 0.4) is 0 Å². The highest BCUT2D eigenvalue weighted by atomic mass is 14.9. The molecule has 0 radical (unpaired) electrons. The van der Waals surface area contributed by atoms with E-state index in [1.807, 2.05) is 0 Å². The van der Waals surface area contributed by atoms with Crippen LogP contribution in [0.5, 0.6) is 0 Å². The maximum absolute atomic E-state index is 3.67. The van der Waals surface area contributed by atoms with Crippen molar-refractivity contribution in [1.82, 2.24) is 5.32 Å². The van der Waals surface area contributed by atoms with Crippen molar-refractivity contribution in [1.29, 1.82) is 0 Å². The monoisotopic (exact) mass is 211 g/mol. The van der Waals surface area contributed by atoms with E-state index in [0.717, 1.165) is 17.8 Å². The molecule has 0 bridgehead atoms. The van der Waals surface area contributed by atoms with Gasteiger partial charge in [0.15, 0.2) is 0 Å². The van der Waals surface area contributed by atoms with Crippen molar-refractivity contribution in [2.24, 2.45) is 17.8 Å². The van der Waals surface area contributed by atoms with Crippen LogP contribution in [-0.4, -0.2) is 12.1 Å². The van der Waals surface area contributed by atoms with Gasteiger partial charge in [0.1, 0.15) is 0 Å². The summed E-state index contributed by atoms with van der Waals surface area (Å²) in [7, 11) is 0. The average molecular weight is 211 g/mol. The fourth-order valence-corrected chi connectivity index (χ4v) is 2.74. The minimum atomic E-state index is 0.283. The first-order chi connectivity index (χ1) is 6.88. The van der Waals surface area contributed by atoms with E-state index in [1.54, 1.807) is 0 Å². The van der Waals surface area contributed by atoms with Crippen LogP contribution in [-0.2, 0) is 0 Å². The minimum absolute atomic E-state index is 0.283. The molecule has 1 N–H and O–H groups in total. The van der Waals surface area contributed by atoms with Crippen molar-refractivity contribution >= 4 is 0 Å². The lowest BCUT2D eigenvalue weighted by Gasteiger charge is -2.27. The Hall–Kier alpha value is -0.0400. The van der Waals surface area contributed by atoms with Crippen LogP contribution in [0, 0.1) is 17.8 Å². The molecule has 1 saturated carbocycles. The normalized spacial score (nSPS) is 27.6. The third kappa shape index (κ3) is 5.01. The van der Waals surface area contributed by atoms with Gasteiger partial charge < -0.3 is 5.32 Å². The lowest BCUT2D eigenvalue weighted by molar-refractivity contribution is 0.285. The molecule has 0 aromatic carbocycles. The van der Waals surface area contributed by atoms with Gasteiger partial charge in [-0.05, 0) is 57.9 Å². The molecule has 2 unspecified atom stereocenters. The Bertz CT molecular complexity index is 178. The van der Waals surface area contributed by atoms with Crippen molar-refractivity contribution in [2.45, 2.75) is 65.8 Å². The smallest absolute Gasteiger partial charge is 0.00966 e. The van der Waals surface area contributed by atoms with Crippen molar-refractivity contribution in [2.75, 3.05) is 6.54 Å². The summed E-state index contributed by atoms with van der Waals surface area (Å²) < 4.78 is 0. The quantitative estimate of drug-likeness (QED) is 0.745. The zero-order valence-electron chi connectivity index (χ0n) is 11.3. The van der Waals surface area contributed by atoms with Crippen LogP contribution >= 0.6 is 0 Å². The molecule has 0 spiro atoms. The first-order valence-corrected chi connectivity index (χ1v) is 6.63. The molecule has 0 aromatic rings. The molecule has 1 fully saturated rings. The fourth-order valence-electron chi connectivity index (χ4n) is 2.74. The number of hydrogen-bond acceptors (Lipinski definition) is 1. The van der Waals surface area contributed by atoms with Gasteiger partial charge in [0.2, 0.25) is 0 Å². The van der Waals surface area contributed by atoms with E-state index in [-0.39, 0.29) is 5.54 Å². The highest BCUT2D eigenvalue weighted by Gasteiger charge is 2.28. The Balaban J connectivity index is 2.33. The molecule has 1 aliphatic rings. The van der Waals surface area contributed by atoms with E-state index in [4.69, 9.17) is 0 Å². The second kappa shape index (κ2) is 5.34. The molecule has 0 saturated heterocycles. The van der Waals surface area contributed by atoms with Gasteiger partial charge in [-0.2, -0.15) is 0 Å². The van der Waals surface area contributed by atoms with Gasteiger partial charge in [-0.25, -0.2) is 0 Å². The van der Waals surface area contributed by atoms with Gasteiger partial charge in [0, 0.05) is 5.54 Å². The summed E-state index contributed by atoms with van der Waals surface area (Å²) in [4.78, 5) is 0. The summed E-state index contributed by atoms with van der Waals surface area (Å²) in [5.74, 6) is 2.79. The molecular formula is C14H29N. The summed E-state index contributed by atoms with van der Waals surface area (Å²) in [5.41, 5.74) is 0.283. The average Bonchev–Trinajstić information content (AvgIpc) is 2.46. The van der Waals surface area contributed by atoms with Crippen LogP contribution in [0.2, 0.25) is 0 Å². The Labute approximate surface area is 96.0 Å². The lowest BCUT2D eigenvalue weighted by atomic mass is 9.87. The first-order valence-electron chi connectivity index (χ1n) is 6.63. The molecular weight excluding hydrogens is 182 g/mol. The van der Waals surface area contributed by atoms with Gasteiger partial charge >= 0.3 is 0 Å². The Morgan fingerprint density at radius 1 is 1.13 bits per heavy atom. The fraction of sp³-hybridized carbons (Fsp3) is 1.00. The highest BCUT2D eigenvalue weighted by molar-refractivity contribution is 4.82. The van der Waals surface area contributed by atoms with Crippen molar-refractivity contribution in [3.8, 4) is 0 Å². The molecule has 0 amide bonds. The number of rotatable bonds is 4.